The Balaban J connectivity index is 1.62. The van der Waals surface area contributed by atoms with Gasteiger partial charge in [0.15, 0.2) is 5.96 Å². The van der Waals surface area contributed by atoms with Crippen LogP contribution in [0.15, 0.2) is 21.8 Å². The van der Waals surface area contributed by atoms with Crippen LogP contribution in [0.3, 0.4) is 0 Å². The van der Waals surface area contributed by atoms with Crippen molar-refractivity contribution in [1.82, 2.24) is 10.6 Å². The van der Waals surface area contributed by atoms with Gasteiger partial charge in [0.05, 0.1) is 0 Å². The van der Waals surface area contributed by atoms with Crippen LogP contribution >= 0.6 is 23.1 Å². The molecule has 2 N–H and O–H groups in total. The van der Waals surface area contributed by atoms with Crippen LogP contribution < -0.4 is 10.6 Å². The molecule has 1 atom stereocenters. The molecule has 0 radical (unpaired) electrons. The fraction of sp³-hybridized carbons (Fsp3) is 0.615. The van der Waals surface area contributed by atoms with Gasteiger partial charge in [-0.1, -0.05) is 0 Å². The van der Waals surface area contributed by atoms with E-state index in [1.54, 1.807) is 11.3 Å². The van der Waals surface area contributed by atoms with Crippen LogP contribution in [-0.4, -0.2) is 37.1 Å². The second-order valence-electron chi connectivity index (χ2n) is 4.40. The molecule has 0 bridgehead atoms. The lowest BCUT2D eigenvalue weighted by Crippen LogP contribution is -2.40. The van der Waals surface area contributed by atoms with Gasteiger partial charge in [-0.05, 0) is 47.4 Å². The molecule has 0 spiro atoms. The summed E-state index contributed by atoms with van der Waals surface area (Å²) in [6, 6.07) is 2.18. The molecule has 1 aromatic rings. The van der Waals surface area contributed by atoms with Crippen molar-refractivity contribution in [2.45, 2.75) is 24.5 Å². The fourth-order valence-corrected chi connectivity index (χ4v) is 3.90. The summed E-state index contributed by atoms with van der Waals surface area (Å²) < 4.78 is 0. The first-order chi connectivity index (χ1) is 8.88. The van der Waals surface area contributed by atoms with E-state index < -0.39 is 0 Å². The largest absolute Gasteiger partial charge is 0.356 e. The van der Waals surface area contributed by atoms with Gasteiger partial charge in [-0.3, -0.25) is 4.99 Å². The SMILES string of the molecule is CN=C(NCCc1ccsc1)NCC1CCCS1. The third-order valence-corrected chi connectivity index (χ3v) is 5.16. The summed E-state index contributed by atoms with van der Waals surface area (Å²) in [7, 11) is 1.84. The minimum absolute atomic E-state index is 0.764. The molecule has 1 aliphatic rings. The second-order valence-corrected chi connectivity index (χ2v) is 6.58. The summed E-state index contributed by atoms with van der Waals surface area (Å²) in [4.78, 5) is 4.26. The van der Waals surface area contributed by atoms with Gasteiger partial charge >= 0.3 is 0 Å². The molecule has 1 unspecified atom stereocenters. The molecule has 1 aliphatic heterocycles. The second kappa shape index (κ2) is 7.69. The average Bonchev–Trinajstić information content (AvgIpc) is 3.06. The lowest BCUT2D eigenvalue weighted by atomic mass is 10.2. The lowest BCUT2D eigenvalue weighted by molar-refractivity contribution is 0.724. The van der Waals surface area contributed by atoms with E-state index in [9.17, 15) is 0 Å². The molecule has 2 rings (SSSR count). The quantitative estimate of drug-likeness (QED) is 0.643. The lowest BCUT2D eigenvalue weighted by Gasteiger charge is -2.14. The summed E-state index contributed by atoms with van der Waals surface area (Å²) in [6.07, 6.45) is 3.76. The maximum atomic E-state index is 4.26. The number of hydrogen-bond donors (Lipinski definition) is 2. The highest BCUT2D eigenvalue weighted by Gasteiger charge is 2.15. The summed E-state index contributed by atoms with van der Waals surface area (Å²) in [6.45, 7) is 1.97. The Morgan fingerprint density at radius 1 is 1.50 bits per heavy atom. The molecule has 1 fully saturated rings. The molecule has 5 heteroatoms. The van der Waals surface area contributed by atoms with Gasteiger partial charge in [0, 0.05) is 25.4 Å². The third kappa shape index (κ3) is 4.53. The van der Waals surface area contributed by atoms with Gasteiger partial charge < -0.3 is 10.6 Å². The smallest absolute Gasteiger partial charge is 0.191 e. The van der Waals surface area contributed by atoms with Crippen molar-refractivity contribution in [3.8, 4) is 0 Å². The molecule has 100 valence electrons. The van der Waals surface area contributed by atoms with Crippen LogP contribution in [-0.2, 0) is 6.42 Å². The maximum Gasteiger partial charge on any atom is 0.191 e. The molecule has 0 aromatic carbocycles. The molecular weight excluding hydrogens is 262 g/mol. The van der Waals surface area contributed by atoms with E-state index in [1.807, 2.05) is 7.05 Å². The number of thioether (sulfide) groups is 1. The van der Waals surface area contributed by atoms with E-state index >= 15 is 0 Å². The van der Waals surface area contributed by atoms with Crippen molar-refractivity contribution in [3.05, 3.63) is 22.4 Å². The summed E-state index contributed by atoms with van der Waals surface area (Å²) >= 11 is 3.83. The first-order valence-corrected chi connectivity index (χ1v) is 8.45. The zero-order valence-corrected chi connectivity index (χ0v) is 12.4. The molecular formula is C13H21N3S2. The highest BCUT2D eigenvalue weighted by Crippen LogP contribution is 2.25. The minimum atomic E-state index is 0.764. The van der Waals surface area contributed by atoms with E-state index in [0.29, 0.717) is 0 Å². The molecule has 1 saturated heterocycles. The predicted molar refractivity (Wildman–Crippen MR) is 82.9 cm³/mol. The monoisotopic (exact) mass is 283 g/mol. The van der Waals surface area contributed by atoms with Gasteiger partial charge in [-0.2, -0.15) is 23.1 Å². The highest BCUT2D eigenvalue weighted by molar-refractivity contribution is 8.00. The molecule has 0 saturated carbocycles. The van der Waals surface area contributed by atoms with E-state index in [4.69, 9.17) is 0 Å². The Kier molecular flexibility index (Phi) is 5.87. The predicted octanol–water partition coefficient (Wildman–Crippen LogP) is 2.35. The number of thiophene rings is 1. The van der Waals surface area contributed by atoms with Crippen LogP contribution in [0.4, 0.5) is 0 Å². The van der Waals surface area contributed by atoms with Crippen molar-refractivity contribution in [1.29, 1.82) is 0 Å². The molecule has 1 aromatic heterocycles. The minimum Gasteiger partial charge on any atom is -0.356 e. The van der Waals surface area contributed by atoms with Gasteiger partial charge in [0.1, 0.15) is 0 Å². The maximum absolute atomic E-state index is 4.26. The third-order valence-electron chi connectivity index (χ3n) is 3.03. The van der Waals surface area contributed by atoms with Crippen molar-refractivity contribution >= 4 is 29.1 Å². The molecule has 2 heterocycles. The van der Waals surface area contributed by atoms with Crippen molar-refractivity contribution < 1.29 is 0 Å². The molecule has 0 aliphatic carbocycles. The molecule has 3 nitrogen and oxygen atoms in total. The summed E-state index contributed by atoms with van der Waals surface area (Å²) in [5, 5.41) is 11.9. The Hall–Kier alpha value is -0.680. The van der Waals surface area contributed by atoms with Gasteiger partial charge in [-0.25, -0.2) is 0 Å². The van der Waals surface area contributed by atoms with Crippen molar-refractivity contribution in [2.75, 3.05) is 25.9 Å². The Bertz CT molecular complexity index is 356. The van der Waals surface area contributed by atoms with E-state index in [1.165, 1.54) is 24.2 Å². The van der Waals surface area contributed by atoms with E-state index in [0.717, 1.165) is 30.7 Å². The number of hydrogen-bond acceptors (Lipinski definition) is 3. The Morgan fingerprint density at radius 3 is 3.11 bits per heavy atom. The Labute approximate surface area is 117 Å². The number of nitrogens with one attached hydrogen (secondary N) is 2. The van der Waals surface area contributed by atoms with Crippen LogP contribution in [0.25, 0.3) is 0 Å². The average molecular weight is 283 g/mol. The number of nitrogens with zero attached hydrogens (tertiary/aromatic N) is 1. The van der Waals surface area contributed by atoms with Gasteiger partial charge in [0.25, 0.3) is 0 Å². The summed E-state index contributed by atoms with van der Waals surface area (Å²) in [5.41, 5.74) is 1.40. The Morgan fingerprint density at radius 2 is 2.44 bits per heavy atom. The topological polar surface area (TPSA) is 36.4 Å². The first-order valence-electron chi connectivity index (χ1n) is 6.45. The van der Waals surface area contributed by atoms with Gasteiger partial charge in [-0.15, -0.1) is 0 Å². The van der Waals surface area contributed by atoms with Crippen LogP contribution in [0, 0.1) is 0 Å². The van der Waals surface area contributed by atoms with Crippen molar-refractivity contribution in [3.63, 3.8) is 0 Å². The van der Waals surface area contributed by atoms with Crippen LogP contribution in [0.5, 0.6) is 0 Å². The summed E-state index contributed by atoms with van der Waals surface area (Å²) in [5.74, 6) is 2.24. The van der Waals surface area contributed by atoms with E-state index in [2.05, 4.69) is 44.2 Å². The van der Waals surface area contributed by atoms with Crippen molar-refractivity contribution in [2.24, 2.45) is 4.99 Å². The number of rotatable bonds is 5. The highest BCUT2D eigenvalue weighted by atomic mass is 32.2. The van der Waals surface area contributed by atoms with Crippen LogP contribution in [0.2, 0.25) is 0 Å². The first kappa shape index (κ1) is 13.7. The standard InChI is InChI=1S/C13H21N3S2/c1-14-13(16-9-12-3-2-7-18-12)15-6-4-11-5-8-17-10-11/h5,8,10,12H,2-4,6-7,9H2,1H3,(H2,14,15,16). The van der Waals surface area contributed by atoms with Gasteiger partial charge in [0.2, 0.25) is 0 Å². The molecule has 18 heavy (non-hydrogen) atoms. The normalized spacial score (nSPS) is 20.1. The number of guanidine groups is 1. The van der Waals surface area contributed by atoms with Crippen LogP contribution in [0.1, 0.15) is 18.4 Å². The van der Waals surface area contributed by atoms with E-state index in [-0.39, 0.29) is 0 Å². The zero-order chi connectivity index (χ0) is 12.6. The zero-order valence-electron chi connectivity index (χ0n) is 10.8. The fourth-order valence-electron chi connectivity index (χ4n) is 2.00. The molecule has 0 amide bonds. The number of aliphatic imine (C=N–C) groups is 1.